The van der Waals surface area contributed by atoms with Crippen LogP contribution in [-0.4, -0.2) is 10.0 Å². The van der Waals surface area contributed by atoms with Gasteiger partial charge in [0, 0.05) is 4.90 Å². The highest BCUT2D eigenvalue weighted by Gasteiger charge is 2.00. The largest absolute Gasteiger partial charge is 0.357 e. The molecule has 0 fully saturated rings. The quantitative estimate of drug-likeness (QED) is 0.222. The van der Waals surface area contributed by atoms with Crippen molar-refractivity contribution in [3.05, 3.63) is 29.8 Å². The van der Waals surface area contributed by atoms with Crippen molar-refractivity contribution in [3.8, 4) is 0 Å². The van der Waals surface area contributed by atoms with E-state index in [0.29, 0.717) is 5.92 Å². The maximum Gasteiger partial charge on any atom is 0.107 e. The maximum absolute atomic E-state index is 5.45. The summed E-state index contributed by atoms with van der Waals surface area (Å²) in [5.74, 6) is 1.34. The van der Waals surface area contributed by atoms with E-state index in [4.69, 9.17) is 4.74 Å². The smallest absolute Gasteiger partial charge is 0.107 e. The summed E-state index contributed by atoms with van der Waals surface area (Å²) in [5, 5.41) is 0. The van der Waals surface area contributed by atoms with E-state index in [1.54, 1.807) is 21.6 Å². The van der Waals surface area contributed by atoms with Crippen molar-refractivity contribution >= 4 is 44.2 Å². The molecule has 0 aliphatic heterocycles. The molecule has 0 aromatic heterocycles. The zero-order chi connectivity index (χ0) is 12.0. The molecule has 0 spiro atoms. The Bertz CT molecular complexity index is 298. The van der Waals surface area contributed by atoms with Gasteiger partial charge < -0.3 is 4.74 Å². The van der Waals surface area contributed by atoms with Gasteiger partial charge in [0.25, 0.3) is 0 Å². The lowest BCUT2D eigenvalue weighted by Crippen LogP contribution is -1.95. The summed E-state index contributed by atoms with van der Waals surface area (Å²) in [6.45, 7) is 6.47. The van der Waals surface area contributed by atoms with Crippen LogP contribution >= 0.6 is 44.2 Å². The van der Waals surface area contributed by atoms with Crippen LogP contribution in [0.5, 0.6) is 0 Å². The van der Waals surface area contributed by atoms with Crippen molar-refractivity contribution in [2.45, 2.75) is 35.7 Å². The van der Waals surface area contributed by atoms with E-state index in [2.05, 4.69) is 60.7 Å². The maximum atomic E-state index is 5.45. The third-order valence-corrected chi connectivity index (χ3v) is 4.44. The molecule has 0 amide bonds. The molecule has 0 heterocycles. The standard InChI is InChI=1S/C12H17IOS2/c1-9(2)11-4-6-12(7-5-11)16-15-8-14-10(3)13/h4-7,9-10H,8H2,1-3H3. The van der Waals surface area contributed by atoms with Gasteiger partial charge in [0.05, 0.1) is 0 Å². The number of benzene rings is 1. The third-order valence-electron chi connectivity index (χ3n) is 2.05. The molecule has 1 nitrogen and oxygen atoms in total. The Morgan fingerprint density at radius 1 is 1.19 bits per heavy atom. The lowest BCUT2D eigenvalue weighted by molar-refractivity contribution is 0.185. The van der Waals surface area contributed by atoms with Gasteiger partial charge in [0.15, 0.2) is 0 Å². The Morgan fingerprint density at radius 3 is 2.31 bits per heavy atom. The molecule has 0 aliphatic rings. The molecular weight excluding hydrogens is 351 g/mol. The second-order valence-corrected chi connectivity index (χ2v) is 7.82. The number of alkyl halides is 1. The summed E-state index contributed by atoms with van der Waals surface area (Å²) in [4.78, 5) is 1.29. The molecule has 0 bridgehead atoms. The first-order valence-electron chi connectivity index (χ1n) is 5.24. The predicted molar refractivity (Wildman–Crippen MR) is 83.4 cm³/mol. The number of hydrogen-bond acceptors (Lipinski definition) is 3. The van der Waals surface area contributed by atoms with Gasteiger partial charge in [-0.1, -0.05) is 70.2 Å². The van der Waals surface area contributed by atoms with Crippen LogP contribution in [0.25, 0.3) is 0 Å². The van der Waals surface area contributed by atoms with E-state index in [9.17, 15) is 0 Å². The fourth-order valence-corrected chi connectivity index (χ4v) is 3.29. The zero-order valence-electron chi connectivity index (χ0n) is 9.77. The SMILES string of the molecule is CC(I)OCSSc1ccc(C(C)C)cc1. The van der Waals surface area contributed by atoms with Crippen LogP contribution in [0.3, 0.4) is 0 Å². The molecule has 16 heavy (non-hydrogen) atoms. The molecule has 0 saturated heterocycles. The molecule has 1 aromatic carbocycles. The summed E-state index contributed by atoms with van der Waals surface area (Å²) < 4.78 is 5.74. The van der Waals surface area contributed by atoms with Crippen LogP contribution in [0.15, 0.2) is 29.2 Å². The summed E-state index contributed by atoms with van der Waals surface area (Å²) in [7, 11) is 3.51. The van der Waals surface area contributed by atoms with Crippen molar-refractivity contribution in [1.82, 2.24) is 0 Å². The van der Waals surface area contributed by atoms with E-state index in [0.717, 1.165) is 5.94 Å². The number of halogens is 1. The van der Waals surface area contributed by atoms with E-state index >= 15 is 0 Å². The summed E-state index contributed by atoms with van der Waals surface area (Å²) in [6.07, 6.45) is 0. The Hall–Kier alpha value is 0.610. The highest BCUT2D eigenvalue weighted by Crippen LogP contribution is 2.32. The average molecular weight is 368 g/mol. The van der Waals surface area contributed by atoms with Crippen molar-refractivity contribution in [2.75, 3.05) is 5.94 Å². The molecular formula is C12H17IOS2. The molecule has 1 rings (SSSR count). The number of rotatable bonds is 6. The van der Waals surface area contributed by atoms with Crippen LogP contribution in [0, 0.1) is 0 Å². The fourth-order valence-electron chi connectivity index (χ4n) is 1.12. The van der Waals surface area contributed by atoms with Crippen molar-refractivity contribution in [2.24, 2.45) is 0 Å². The van der Waals surface area contributed by atoms with Gasteiger partial charge in [-0.2, -0.15) is 0 Å². The van der Waals surface area contributed by atoms with E-state index < -0.39 is 0 Å². The van der Waals surface area contributed by atoms with E-state index in [1.807, 2.05) is 6.92 Å². The highest BCUT2D eigenvalue weighted by atomic mass is 127. The Balaban J connectivity index is 2.32. The summed E-state index contributed by atoms with van der Waals surface area (Å²) in [6, 6.07) is 8.77. The minimum atomic E-state index is 0.286. The lowest BCUT2D eigenvalue weighted by Gasteiger charge is -2.07. The van der Waals surface area contributed by atoms with Gasteiger partial charge in [0.2, 0.25) is 0 Å². The molecule has 90 valence electrons. The minimum Gasteiger partial charge on any atom is -0.357 e. The molecule has 4 heteroatoms. The average Bonchev–Trinajstić information content (AvgIpc) is 2.25. The van der Waals surface area contributed by atoms with Gasteiger partial charge >= 0.3 is 0 Å². The highest BCUT2D eigenvalue weighted by molar-refractivity contribution is 14.1. The third kappa shape index (κ3) is 5.80. The van der Waals surface area contributed by atoms with Gasteiger partial charge in [-0.15, -0.1) is 0 Å². The van der Waals surface area contributed by atoms with Crippen LogP contribution in [0.4, 0.5) is 0 Å². The normalized spacial score (nSPS) is 13.1. The van der Waals surface area contributed by atoms with Crippen LogP contribution < -0.4 is 0 Å². The number of hydrogen-bond donors (Lipinski definition) is 0. The van der Waals surface area contributed by atoms with Crippen LogP contribution in [-0.2, 0) is 4.74 Å². The first-order valence-corrected chi connectivity index (χ1v) is 8.81. The fraction of sp³-hybridized carbons (Fsp3) is 0.500. The van der Waals surface area contributed by atoms with Gasteiger partial charge in [-0.25, -0.2) is 0 Å². The zero-order valence-corrected chi connectivity index (χ0v) is 13.6. The van der Waals surface area contributed by atoms with Gasteiger partial charge in [-0.3, -0.25) is 0 Å². The molecule has 0 radical (unpaired) electrons. The summed E-state index contributed by atoms with van der Waals surface area (Å²) >= 11 is 2.26. The second-order valence-electron chi connectivity index (χ2n) is 3.75. The van der Waals surface area contributed by atoms with Crippen LogP contribution in [0.2, 0.25) is 0 Å². The minimum absolute atomic E-state index is 0.286. The Labute approximate surface area is 120 Å². The molecule has 1 unspecified atom stereocenters. The Kier molecular flexibility index (Phi) is 7.19. The van der Waals surface area contributed by atoms with Crippen LogP contribution in [0.1, 0.15) is 32.3 Å². The second kappa shape index (κ2) is 7.84. The van der Waals surface area contributed by atoms with E-state index in [1.165, 1.54) is 10.5 Å². The predicted octanol–water partition coefficient (Wildman–Crippen LogP) is 5.31. The van der Waals surface area contributed by atoms with Gasteiger partial charge in [0.1, 0.15) is 10.0 Å². The van der Waals surface area contributed by atoms with Crippen molar-refractivity contribution < 1.29 is 4.74 Å². The Morgan fingerprint density at radius 2 is 1.81 bits per heavy atom. The molecule has 1 aromatic rings. The topological polar surface area (TPSA) is 9.23 Å². The van der Waals surface area contributed by atoms with Crippen molar-refractivity contribution in [3.63, 3.8) is 0 Å². The molecule has 0 aliphatic carbocycles. The number of ether oxygens (including phenoxy) is 1. The summed E-state index contributed by atoms with van der Waals surface area (Å²) in [5.41, 5.74) is 1.39. The molecule has 0 saturated carbocycles. The lowest BCUT2D eigenvalue weighted by atomic mass is 10.0. The first kappa shape index (κ1) is 14.7. The molecule has 1 atom stereocenters. The first-order chi connectivity index (χ1) is 7.59. The molecule has 0 N–H and O–H groups in total. The van der Waals surface area contributed by atoms with Gasteiger partial charge in [-0.05, 0) is 30.5 Å². The van der Waals surface area contributed by atoms with Crippen molar-refractivity contribution in [1.29, 1.82) is 0 Å². The monoisotopic (exact) mass is 368 g/mol. The van der Waals surface area contributed by atoms with E-state index in [-0.39, 0.29) is 4.11 Å².